The summed E-state index contributed by atoms with van der Waals surface area (Å²) in [5.41, 5.74) is -0.334. The molecule has 1 rings (SSSR count). The second-order valence-corrected chi connectivity index (χ2v) is 9.20. The fourth-order valence-corrected chi connectivity index (χ4v) is 4.46. The van der Waals surface area contributed by atoms with Gasteiger partial charge in [0.05, 0.1) is 11.0 Å². The van der Waals surface area contributed by atoms with Crippen molar-refractivity contribution in [1.82, 2.24) is 0 Å². The molecule has 1 fully saturated rings. The van der Waals surface area contributed by atoms with Crippen molar-refractivity contribution >= 4 is 70.2 Å². The van der Waals surface area contributed by atoms with Gasteiger partial charge in [0.1, 0.15) is 0 Å². The average molecular weight is 435 g/mol. The molecule has 0 aliphatic carbocycles. The molecule has 1 heterocycles. The first kappa shape index (κ1) is 22.3. The van der Waals surface area contributed by atoms with Gasteiger partial charge < -0.3 is 19.6 Å². The van der Waals surface area contributed by atoms with Crippen LogP contribution in [-0.2, 0) is 28.6 Å². The first-order chi connectivity index (χ1) is 11.3. The fourth-order valence-electron chi connectivity index (χ4n) is 2.41. The monoisotopic (exact) mass is 433 g/mol. The van der Waals surface area contributed by atoms with Gasteiger partial charge in [-0.2, -0.15) is 0 Å². The number of ether oxygens (including phenoxy) is 3. The van der Waals surface area contributed by atoms with Gasteiger partial charge in [0.2, 0.25) is 3.79 Å². The molecule has 5 atom stereocenters. The normalized spacial score (nSPS) is 29.5. The number of thioether (sulfide) groups is 1. The van der Waals surface area contributed by atoms with E-state index in [0.29, 0.717) is 0 Å². The van der Waals surface area contributed by atoms with Crippen LogP contribution in [0.2, 0.25) is 0 Å². The van der Waals surface area contributed by atoms with Crippen LogP contribution in [0.5, 0.6) is 0 Å². The van der Waals surface area contributed by atoms with Crippen LogP contribution < -0.4 is 0 Å². The van der Waals surface area contributed by atoms with Gasteiger partial charge in [-0.1, -0.05) is 34.8 Å². The minimum absolute atomic E-state index is 0.334. The van der Waals surface area contributed by atoms with E-state index < -0.39 is 50.5 Å². The number of carbonyl (C=O) groups is 3. The second-order valence-electron chi connectivity index (χ2n) is 5.40. The zero-order valence-electron chi connectivity index (χ0n) is 13.9. The van der Waals surface area contributed by atoms with Crippen molar-refractivity contribution in [3.63, 3.8) is 0 Å². The van der Waals surface area contributed by atoms with E-state index in [-0.39, 0.29) is 5.71 Å². The number of nitrogens with one attached hydrogen (secondary N) is 1. The highest BCUT2D eigenvalue weighted by atomic mass is 35.6. The number of hydrogen-bond acceptors (Lipinski definition) is 8. The van der Waals surface area contributed by atoms with Gasteiger partial charge in [0.15, 0.2) is 18.3 Å². The van der Waals surface area contributed by atoms with Crippen LogP contribution in [0.15, 0.2) is 0 Å². The Hall–Kier alpha value is -0.700. The van der Waals surface area contributed by atoms with Gasteiger partial charge in [0, 0.05) is 26.0 Å². The highest BCUT2D eigenvalue weighted by Gasteiger charge is 2.53. The molecule has 0 bridgehead atoms. The van der Waals surface area contributed by atoms with Crippen molar-refractivity contribution in [1.29, 1.82) is 5.41 Å². The summed E-state index contributed by atoms with van der Waals surface area (Å²) in [5, 5.41) is 6.80. The zero-order valence-corrected chi connectivity index (χ0v) is 17.0. The molecule has 1 unspecified atom stereocenters. The molecule has 0 radical (unpaired) electrons. The molecule has 1 saturated heterocycles. The van der Waals surface area contributed by atoms with Gasteiger partial charge in [-0.05, 0) is 6.92 Å². The molecule has 0 spiro atoms. The lowest BCUT2D eigenvalue weighted by molar-refractivity contribution is -0.182. The first-order valence-electron chi connectivity index (χ1n) is 7.17. The summed E-state index contributed by atoms with van der Waals surface area (Å²) in [7, 11) is 0. The highest BCUT2D eigenvalue weighted by Crippen LogP contribution is 2.42. The van der Waals surface area contributed by atoms with Crippen molar-refractivity contribution in [2.75, 3.05) is 0 Å². The number of halogens is 3. The SMILES string of the molecule is CC(=O)O[C@@H]1[C@H](OC(C)=O)[C@H](C)SC(C(=N)C(Cl)(Cl)Cl)[C@H]1OC(C)=O. The van der Waals surface area contributed by atoms with Crippen molar-refractivity contribution in [2.24, 2.45) is 0 Å². The van der Waals surface area contributed by atoms with Crippen LogP contribution in [0.4, 0.5) is 0 Å². The van der Waals surface area contributed by atoms with Crippen molar-refractivity contribution in [2.45, 2.75) is 60.3 Å². The van der Waals surface area contributed by atoms with E-state index in [9.17, 15) is 14.4 Å². The average Bonchev–Trinajstić information content (AvgIpc) is 2.42. The number of hydrogen-bond donors (Lipinski definition) is 1. The Kier molecular flexibility index (Phi) is 7.86. The summed E-state index contributed by atoms with van der Waals surface area (Å²) in [6.45, 7) is 5.23. The molecule has 0 saturated carbocycles. The van der Waals surface area contributed by atoms with Crippen LogP contribution in [0, 0.1) is 5.41 Å². The molecule has 1 aliphatic rings. The number of rotatable bonds is 4. The third-order valence-electron chi connectivity index (χ3n) is 3.27. The van der Waals surface area contributed by atoms with E-state index >= 15 is 0 Å². The molecular weight excluding hydrogens is 417 g/mol. The lowest BCUT2D eigenvalue weighted by Crippen LogP contribution is -2.59. The zero-order chi connectivity index (χ0) is 19.5. The molecule has 25 heavy (non-hydrogen) atoms. The number of alkyl halides is 3. The predicted octanol–water partition coefficient (Wildman–Crippen LogP) is 2.68. The van der Waals surface area contributed by atoms with E-state index in [4.69, 9.17) is 54.4 Å². The lowest BCUT2D eigenvalue weighted by atomic mass is 9.98. The van der Waals surface area contributed by atoms with Crippen LogP contribution in [0.3, 0.4) is 0 Å². The van der Waals surface area contributed by atoms with Crippen LogP contribution in [-0.4, -0.2) is 56.2 Å². The molecule has 1 aliphatic heterocycles. The smallest absolute Gasteiger partial charge is 0.303 e. The maximum Gasteiger partial charge on any atom is 0.303 e. The summed E-state index contributed by atoms with van der Waals surface area (Å²) in [6.07, 6.45) is -3.19. The fraction of sp³-hybridized carbons (Fsp3) is 0.714. The Labute approximate surface area is 164 Å². The van der Waals surface area contributed by atoms with Gasteiger partial charge in [-0.15, -0.1) is 11.8 Å². The highest BCUT2D eigenvalue weighted by molar-refractivity contribution is 8.01. The summed E-state index contributed by atoms with van der Waals surface area (Å²) in [4.78, 5) is 34.4. The second kappa shape index (κ2) is 8.79. The van der Waals surface area contributed by atoms with E-state index in [0.717, 1.165) is 25.6 Å². The number of carbonyl (C=O) groups excluding carboxylic acids is 3. The Balaban J connectivity index is 3.32. The molecule has 0 aromatic rings. The van der Waals surface area contributed by atoms with E-state index in [1.165, 1.54) is 6.92 Å². The maximum atomic E-state index is 11.5. The number of esters is 3. The van der Waals surface area contributed by atoms with E-state index in [1.807, 2.05) is 0 Å². The molecule has 1 N–H and O–H groups in total. The van der Waals surface area contributed by atoms with Crippen molar-refractivity contribution in [3.05, 3.63) is 0 Å². The summed E-state index contributed by atoms with van der Waals surface area (Å²) < 4.78 is 13.7. The summed E-state index contributed by atoms with van der Waals surface area (Å²) in [6, 6.07) is 0. The van der Waals surface area contributed by atoms with Crippen LogP contribution >= 0.6 is 46.6 Å². The van der Waals surface area contributed by atoms with Gasteiger partial charge in [-0.3, -0.25) is 14.4 Å². The van der Waals surface area contributed by atoms with Crippen LogP contribution in [0.25, 0.3) is 0 Å². The largest absolute Gasteiger partial charge is 0.457 e. The molecule has 11 heteroatoms. The Morgan fingerprint density at radius 2 is 1.28 bits per heavy atom. The molecule has 0 aromatic heterocycles. The van der Waals surface area contributed by atoms with Gasteiger partial charge >= 0.3 is 17.9 Å². The van der Waals surface area contributed by atoms with E-state index in [2.05, 4.69) is 0 Å². The third-order valence-corrected chi connectivity index (χ3v) is 5.37. The van der Waals surface area contributed by atoms with Gasteiger partial charge in [-0.25, -0.2) is 0 Å². The predicted molar refractivity (Wildman–Crippen MR) is 95.5 cm³/mol. The molecule has 0 amide bonds. The molecule has 0 aromatic carbocycles. The molecule has 7 nitrogen and oxygen atoms in total. The van der Waals surface area contributed by atoms with Crippen molar-refractivity contribution in [3.8, 4) is 0 Å². The van der Waals surface area contributed by atoms with Gasteiger partial charge in [0.25, 0.3) is 0 Å². The minimum atomic E-state index is -2.04. The maximum absolute atomic E-state index is 11.5. The minimum Gasteiger partial charge on any atom is -0.457 e. The van der Waals surface area contributed by atoms with E-state index in [1.54, 1.807) is 6.92 Å². The third kappa shape index (κ3) is 6.20. The van der Waals surface area contributed by atoms with Crippen molar-refractivity contribution < 1.29 is 28.6 Å². The lowest BCUT2D eigenvalue weighted by Gasteiger charge is -2.44. The summed E-state index contributed by atoms with van der Waals surface area (Å²) in [5.74, 6) is -1.94. The summed E-state index contributed by atoms with van der Waals surface area (Å²) >= 11 is 18.5. The Morgan fingerprint density at radius 1 is 0.880 bits per heavy atom. The molecule has 142 valence electrons. The Morgan fingerprint density at radius 3 is 1.68 bits per heavy atom. The quantitative estimate of drug-likeness (QED) is 0.314. The van der Waals surface area contributed by atoms with Crippen LogP contribution in [0.1, 0.15) is 27.7 Å². The topological polar surface area (TPSA) is 103 Å². The Bertz CT molecular complexity index is 567. The molecular formula is C14H18Cl3NO6S. The first-order valence-corrected chi connectivity index (χ1v) is 9.25. The standard InChI is InChI=1S/C14H18Cl3NO6S/c1-5-9(22-6(2)19)10(23-7(3)20)11(24-8(4)21)12(25-5)13(18)14(15,16)17/h5,9-12,18H,1-4H3/t5-,9+,10+,11-,12?/m0/s1.